The number of ether oxygens (including phenoxy) is 1. The first-order valence-electron chi connectivity index (χ1n) is 15.7. The van der Waals surface area contributed by atoms with E-state index in [9.17, 15) is 9.59 Å². The fraction of sp³-hybridized carbons (Fsp3) is 0.875. The SMILES string of the molecule is CCCCCCCC/C=C\CCCCCCCCCC(=O)OC(CCCCCCCCC)CC(=O)O. The molecule has 0 bridgehead atoms. The molecule has 0 rings (SSSR count). The highest BCUT2D eigenvalue weighted by Gasteiger charge is 2.17. The summed E-state index contributed by atoms with van der Waals surface area (Å²) in [6, 6.07) is 0. The number of hydrogen-bond donors (Lipinski definition) is 1. The molecular formula is C32H60O4. The van der Waals surface area contributed by atoms with Gasteiger partial charge in [0.05, 0.1) is 6.42 Å². The molecule has 0 fully saturated rings. The van der Waals surface area contributed by atoms with Gasteiger partial charge in [-0.2, -0.15) is 0 Å². The summed E-state index contributed by atoms with van der Waals surface area (Å²) >= 11 is 0. The summed E-state index contributed by atoms with van der Waals surface area (Å²) in [5, 5.41) is 9.13. The predicted octanol–water partition coefficient (Wildman–Crippen LogP) is 10.3. The van der Waals surface area contributed by atoms with Crippen molar-refractivity contribution in [2.75, 3.05) is 0 Å². The maximum atomic E-state index is 12.2. The van der Waals surface area contributed by atoms with Gasteiger partial charge in [-0.05, 0) is 44.9 Å². The van der Waals surface area contributed by atoms with E-state index in [4.69, 9.17) is 9.84 Å². The monoisotopic (exact) mass is 508 g/mol. The zero-order valence-electron chi connectivity index (χ0n) is 24.1. The Balaban J connectivity index is 3.62. The summed E-state index contributed by atoms with van der Waals surface area (Å²) in [4.78, 5) is 23.3. The van der Waals surface area contributed by atoms with Gasteiger partial charge in [-0.25, -0.2) is 0 Å². The minimum absolute atomic E-state index is 0.0736. The standard InChI is InChI=1S/C32H60O4/c1-3-5-7-9-11-12-13-14-15-16-17-18-19-20-22-24-26-28-32(35)36-30(29-31(33)34)27-25-23-21-10-8-6-4-2/h14-15,30H,3-13,16-29H2,1-2H3,(H,33,34)/b15-14-. The van der Waals surface area contributed by atoms with E-state index < -0.39 is 12.1 Å². The minimum atomic E-state index is -0.885. The van der Waals surface area contributed by atoms with Gasteiger partial charge >= 0.3 is 11.9 Å². The number of allylic oxidation sites excluding steroid dienone is 2. The molecule has 0 aliphatic carbocycles. The molecule has 0 saturated carbocycles. The molecule has 0 saturated heterocycles. The van der Waals surface area contributed by atoms with Gasteiger partial charge in [-0.3, -0.25) is 9.59 Å². The number of carboxylic acids is 1. The highest BCUT2D eigenvalue weighted by Crippen LogP contribution is 2.16. The van der Waals surface area contributed by atoms with Gasteiger partial charge in [0, 0.05) is 6.42 Å². The van der Waals surface area contributed by atoms with Crippen LogP contribution in [0, 0.1) is 0 Å². The van der Waals surface area contributed by atoms with Crippen LogP contribution < -0.4 is 0 Å². The number of carboxylic acid groups (broad SMARTS) is 1. The molecule has 0 aliphatic rings. The Kier molecular flexibility index (Phi) is 27.2. The molecule has 4 heteroatoms. The Morgan fingerprint density at radius 1 is 0.611 bits per heavy atom. The van der Waals surface area contributed by atoms with E-state index in [-0.39, 0.29) is 12.4 Å². The average Bonchev–Trinajstić information content (AvgIpc) is 2.85. The Hall–Kier alpha value is -1.32. The van der Waals surface area contributed by atoms with Crippen LogP contribution in [0.4, 0.5) is 0 Å². The summed E-state index contributed by atoms with van der Waals surface area (Å²) in [6.07, 6.45) is 32.3. The van der Waals surface area contributed by atoms with Crippen LogP contribution in [0.5, 0.6) is 0 Å². The molecular weight excluding hydrogens is 448 g/mol. The van der Waals surface area contributed by atoms with Crippen LogP contribution in [0.15, 0.2) is 12.2 Å². The molecule has 0 heterocycles. The van der Waals surface area contributed by atoms with Crippen molar-refractivity contribution in [3.8, 4) is 0 Å². The van der Waals surface area contributed by atoms with Crippen molar-refractivity contribution >= 4 is 11.9 Å². The van der Waals surface area contributed by atoms with Gasteiger partial charge in [0.2, 0.25) is 0 Å². The largest absolute Gasteiger partial charge is 0.481 e. The quantitative estimate of drug-likeness (QED) is 0.0648. The summed E-state index contributed by atoms with van der Waals surface area (Å²) in [7, 11) is 0. The van der Waals surface area contributed by atoms with Crippen LogP contribution in [0.3, 0.4) is 0 Å². The number of hydrogen-bond acceptors (Lipinski definition) is 3. The molecule has 0 amide bonds. The number of aliphatic carboxylic acids is 1. The van der Waals surface area contributed by atoms with E-state index >= 15 is 0 Å². The lowest BCUT2D eigenvalue weighted by molar-refractivity contribution is -0.153. The van der Waals surface area contributed by atoms with Gasteiger partial charge in [0.25, 0.3) is 0 Å². The van der Waals surface area contributed by atoms with E-state index in [1.54, 1.807) is 0 Å². The smallest absolute Gasteiger partial charge is 0.307 e. The van der Waals surface area contributed by atoms with E-state index in [0.29, 0.717) is 12.8 Å². The van der Waals surface area contributed by atoms with Crippen molar-refractivity contribution in [3.05, 3.63) is 12.2 Å². The Bertz CT molecular complexity index is 514. The lowest BCUT2D eigenvalue weighted by atomic mass is 10.0. The summed E-state index contributed by atoms with van der Waals surface area (Å²) in [6.45, 7) is 4.48. The van der Waals surface area contributed by atoms with Crippen molar-refractivity contribution in [1.29, 1.82) is 0 Å². The number of rotatable bonds is 28. The third kappa shape index (κ3) is 27.3. The average molecular weight is 509 g/mol. The number of carbonyl (C=O) groups excluding carboxylic acids is 1. The minimum Gasteiger partial charge on any atom is -0.481 e. The van der Waals surface area contributed by atoms with E-state index in [2.05, 4.69) is 26.0 Å². The number of carbonyl (C=O) groups is 2. The topological polar surface area (TPSA) is 63.6 Å². The van der Waals surface area contributed by atoms with Crippen LogP contribution in [0.1, 0.15) is 174 Å². The highest BCUT2D eigenvalue weighted by molar-refractivity contribution is 5.71. The second-order valence-electron chi connectivity index (χ2n) is 10.7. The van der Waals surface area contributed by atoms with Gasteiger partial charge in [0.1, 0.15) is 6.10 Å². The molecule has 0 spiro atoms. The maximum absolute atomic E-state index is 12.2. The van der Waals surface area contributed by atoms with E-state index in [1.165, 1.54) is 109 Å². The first-order valence-corrected chi connectivity index (χ1v) is 15.7. The second kappa shape index (κ2) is 28.3. The zero-order valence-corrected chi connectivity index (χ0v) is 24.1. The van der Waals surface area contributed by atoms with Crippen LogP contribution in [0.25, 0.3) is 0 Å². The third-order valence-electron chi connectivity index (χ3n) is 6.97. The van der Waals surface area contributed by atoms with Crippen molar-refractivity contribution in [2.24, 2.45) is 0 Å². The Morgan fingerprint density at radius 2 is 1.03 bits per heavy atom. The van der Waals surface area contributed by atoms with Crippen molar-refractivity contribution < 1.29 is 19.4 Å². The van der Waals surface area contributed by atoms with Crippen LogP contribution in [-0.4, -0.2) is 23.1 Å². The lowest BCUT2D eigenvalue weighted by Crippen LogP contribution is -2.21. The lowest BCUT2D eigenvalue weighted by Gasteiger charge is -2.16. The van der Waals surface area contributed by atoms with Crippen LogP contribution in [-0.2, 0) is 14.3 Å². The van der Waals surface area contributed by atoms with Crippen LogP contribution in [0.2, 0.25) is 0 Å². The normalized spacial score (nSPS) is 12.3. The summed E-state index contributed by atoms with van der Waals surface area (Å²) in [5.74, 6) is -1.11. The first kappa shape index (κ1) is 34.7. The fourth-order valence-electron chi connectivity index (χ4n) is 4.66. The molecule has 212 valence electrons. The first-order chi connectivity index (χ1) is 17.6. The molecule has 0 aliphatic heterocycles. The summed E-state index contributed by atoms with van der Waals surface area (Å²) in [5.41, 5.74) is 0. The van der Waals surface area contributed by atoms with E-state index in [1.807, 2.05) is 0 Å². The van der Waals surface area contributed by atoms with Crippen LogP contribution >= 0.6 is 0 Å². The number of unbranched alkanes of at least 4 members (excludes halogenated alkanes) is 19. The van der Waals surface area contributed by atoms with Crippen molar-refractivity contribution in [3.63, 3.8) is 0 Å². The van der Waals surface area contributed by atoms with E-state index in [0.717, 1.165) is 32.1 Å². The molecule has 1 N–H and O–H groups in total. The third-order valence-corrected chi connectivity index (χ3v) is 6.97. The molecule has 4 nitrogen and oxygen atoms in total. The molecule has 1 atom stereocenters. The molecule has 0 aromatic carbocycles. The zero-order chi connectivity index (χ0) is 26.5. The fourth-order valence-corrected chi connectivity index (χ4v) is 4.66. The van der Waals surface area contributed by atoms with Gasteiger partial charge < -0.3 is 9.84 Å². The van der Waals surface area contributed by atoms with Crippen molar-refractivity contribution in [2.45, 2.75) is 180 Å². The van der Waals surface area contributed by atoms with Gasteiger partial charge in [-0.15, -0.1) is 0 Å². The molecule has 1 unspecified atom stereocenters. The number of esters is 1. The van der Waals surface area contributed by atoms with Crippen molar-refractivity contribution in [1.82, 2.24) is 0 Å². The summed E-state index contributed by atoms with van der Waals surface area (Å²) < 4.78 is 5.51. The Labute approximate surface area is 224 Å². The Morgan fingerprint density at radius 3 is 1.50 bits per heavy atom. The van der Waals surface area contributed by atoms with Gasteiger partial charge in [-0.1, -0.05) is 129 Å². The molecule has 0 radical (unpaired) electrons. The maximum Gasteiger partial charge on any atom is 0.307 e. The molecule has 0 aromatic rings. The second-order valence-corrected chi connectivity index (χ2v) is 10.7. The molecule has 36 heavy (non-hydrogen) atoms. The highest BCUT2D eigenvalue weighted by atomic mass is 16.5. The predicted molar refractivity (Wildman–Crippen MR) is 153 cm³/mol. The van der Waals surface area contributed by atoms with Gasteiger partial charge in [0.15, 0.2) is 0 Å². The molecule has 0 aromatic heterocycles.